The minimum atomic E-state index is 0.766. The average Bonchev–Trinajstić information content (AvgIpc) is 2.31. The van der Waals surface area contributed by atoms with Crippen molar-refractivity contribution >= 4 is 0 Å². The summed E-state index contributed by atoms with van der Waals surface area (Å²) in [5.41, 5.74) is 0. The first-order chi connectivity index (χ1) is 8.58. The molecule has 0 atom stereocenters. The highest BCUT2D eigenvalue weighted by molar-refractivity contribution is 4.72. The van der Waals surface area contributed by atoms with Gasteiger partial charge in [-0.25, -0.2) is 0 Å². The zero-order valence-corrected chi connectivity index (χ0v) is 12.9. The van der Waals surface area contributed by atoms with Crippen LogP contribution in [0.1, 0.15) is 33.1 Å². The van der Waals surface area contributed by atoms with Gasteiger partial charge >= 0.3 is 0 Å². The van der Waals surface area contributed by atoms with Crippen molar-refractivity contribution < 1.29 is 0 Å². The Morgan fingerprint density at radius 3 is 2.56 bits per heavy atom. The van der Waals surface area contributed by atoms with E-state index >= 15 is 0 Å². The van der Waals surface area contributed by atoms with Gasteiger partial charge in [0.15, 0.2) is 0 Å². The van der Waals surface area contributed by atoms with Gasteiger partial charge in [0.25, 0.3) is 0 Å². The summed E-state index contributed by atoms with van der Waals surface area (Å²) in [7, 11) is 4.51. The fourth-order valence-corrected chi connectivity index (χ4v) is 2.64. The molecule has 0 aliphatic carbocycles. The van der Waals surface area contributed by atoms with Crippen LogP contribution < -0.4 is 5.32 Å². The van der Waals surface area contributed by atoms with Gasteiger partial charge in [0.2, 0.25) is 0 Å². The first kappa shape index (κ1) is 15.9. The summed E-state index contributed by atoms with van der Waals surface area (Å²) in [4.78, 5) is 4.97. The third kappa shape index (κ3) is 7.34. The molecule has 0 aromatic carbocycles. The molecular weight excluding hydrogens is 222 g/mol. The van der Waals surface area contributed by atoms with Crippen LogP contribution in [0.3, 0.4) is 0 Å². The molecule has 3 nitrogen and oxygen atoms in total. The smallest absolute Gasteiger partial charge is 0.000757 e. The molecule has 0 spiro atoms. The summed E-state index contributed by atoms with van der Waals surface area (Å²) in [6, 6.07) is 0. The van der Waals surface area contributed by atoms with E-state index in [1.807, 2.05) is 0 Å². The summed E-state index contributed by atoms with van der Waals surface area (Å²) in [5, 5.41) is 3.52. The summed E-state index contributed by atoms with van der Waals surface area (Å²) >= 11 is 0. The molecule has 1 aliphatic rings. The van der Waals surface area contributed by atoms with Crippen LogP contribution in [0.15, 0.2) is 0 Å². The van der Waals surface area contributed by atoms with Crippen molar-refractivity contribution in [2.24, 2.45) is 11.8 Å². The van der Waals surface area contributed by atoms with Crippen molar-refractivity contribution in [2.45, 2.75) is 33.1 Å². The molecule has 1 N–H and O–H groups in total. The largest absolute Gasteiger partial charge is 0.316 e. The van der Waals surface area contributed by atoms with E-state index in [2.05, 4.69) is 43.1 Å². The van der Waals surface area contributed by atoms with E-state index in [1.54, 1.807) is 0 Å². The number of piperidine rings is 1. The van der Waals surface area contributed by atoms with E-state index in [9.17, 15) is 0 Å². The fourth-order valence-electron chi connectivity index (χ4n) is 2.64. The maximum Gasteiger partial charge on any atom is 0.000757 e. The van der Waals surface area contributed by atoms with Crippen LogP contribution in [0.25, 0.3) is 0 Å². The molecule has 0 amide bonds. The predicted molar refractivity (Wildman–Crippen MR) is 80.0 cm³/mol. The Morgan fingerprint density at radius 2 is 1.94 bits per heavy atom. The van der Waals surface area contributed by atoms with Gasteiger partial charge in [0.1, 0.15) is 0 Å². The molecule has 108 valence electrons. The van der Waals surface area contributed by atoms with Crippen LogP contribution in [0.2, 0.25) is 0 Å². The van der Waals surface area contributed by atoms with Gasteiger partial charge in [-0.05, 0) is 77.9 Å². The molecule has 0 saturated carbocycles. The van der Waals surface area contributed by atoms with E-state index in [0.29, 0.717) is 0 Å². The lowest BCUT2D eigenvalue weighted by Crippen LogP contribution is -2.36. The number of hydrogen-bond acceptors (Lipinski definition) is 3. The van der Waals surface area contributed by atoms with Crippen molar-refractivity contribution in [3.05, 3.63) is 0 Å². The Kier molecular flexibility index (Phi) is 7.87. The first-order valence-electron chi connectivity index (χ1n) is 7.65. The summed E-state index contributed by atoms with van der Waals surface area (Å²) < 4.78 is 0. The molecule has 1 rings (SSSR count). The van der Waals surface area contributed by atoms with Gasteiger partial charge in [0, 0.05) is 6.54 Å². The molecule has 0 unspecified atom stereocenters. The Hall–Kier alpha value is -0.120. The predicted octanol–water partition coefficient (Wildman–Crippen LogP) is 1.90. The molecule has 1 saturated heterocycles. The van der Waals surface area contributed by atoms with Gasteiger partial charge in [-0.2, -0.15) is 0 Å². The Morgan fingerprint density at radius 1 is 1.28 bits per heavy atom. The quantitative estimate of drug-likeness (QED) is 0.668. The Labute approximate surface area is 114 Å². The number of rotatable bonds is 8. The molecule has 0 aromatic heterocycles. The lowest BCUT2D eigenvalue weighted by molar-refractivity contribution is 0.175. The number of hydrogen-bond donors (Lipinski definition) is 1. The monoisotopic (exact) mass is 255 g/mol. The van der Waals surface area contributed by atoms with Gasteiger partial charge < -0.3 is 15.1 Å². The van der Waals surface area contributed by atoms with Crippen LogP contribution in [-0.4, -0.2) is 63.2 Å². The maximum absolute atomic E-state index is 3.52. The maximum atomic E-state index is 3.52. The average molecular weight is 255 g/mol. The summed E-state index contributed by atoms with van der Waals surface area (Å²) in [6.07, 6.45) is 4.04. The Bertz CT molecular complexity index is 198. The lowest BCUT2D eigenvalue weighted by atomic mass is 9.97. The molecule has 1 heterocycles. The fraction of sp³-hybridized carbons (Fsp3) is 1.00. The number of likely N-dealkylation sites (tertiary alicyclic amines) is 1. The molecule has 3 heteroatoms. The van der Waals surface area contributed by atoms with Crippen LogP contribution in [0.5, 0.6) is 0 Å². The third-order valence-corrected chi connectivity index (χ3v) is 3.85. The van der Waals surface area contributed by atoms with Gasteiger partial charge in [-0.1, -0.05) is 13.8 Å². The SMILES string of the molecule is CC(C)CNCCCN(C)CC1CCN(C)CC1. The van der Waals surface area contributed by atoms with E-state index < -0.39 is 0 Å². The normalized spacial score (nSPS) is 19.0. The second-order valence-corrected chi connectivity index (χ2v) is 6.46. The molecule has 18 heavy (non-hydrogen) atoms. The Balaban J connectivity index is 1.98. The minimum Gasteiger partial charge on any atom is -0.316 e. The van der Waals surface area contributed by atoms with E-state index in [1.165, 1.54) is 45.4 Å². The highest BCUT2D eigenvalue weighted by atomic mass is 15.1. The van der Waals surface area contributed by atoms with Crippen LogP contribution in [0, 0.1) is 11.8 Å². The van der Waals surface area contributed by atoms with E-state index in [-0.39, 0.29) is 0 Å². The number of nitrogens with one attached hydrogen (secondary N) is 1. The standard InChI is InChI=1S/C15H33N3/c1-14(2)12-16-8-5-9-18(4)13-15-6-10-17(3)11-7-15/h14-16H,5-13H2,1-4H3. The van der Waals surface area contributed by atoms with E-state index in [0.717, 1.165) is 24.9 Å². The van der Waals surface area contributed by atoms with Crippen molar-refractivity contribution in [1.82, 2.24) is 15.1 Å². The van der Waals surface area contributed by atoms with Crippen LogP contribution >= 0.6 is 0 Å². The van der Waals surface area contributed by atoms with Crippen LogP contribution in [0.4, 0.5) is 0 Å². The molecule has 0 radical (unpaired) electrons. The van der Waals surface area contributed by atoms with Crippen molar-refractivity contribution in [1.29, 1.82) is 0 Å². The second-order valence-electron chi connectivity index (χ2n) is 6.46. The minimum absolute atomic E-state index is 0.766. The topological polar surface area (TPSA) is 18.5 Å². The van der Waals surface area contributed by atoms with Crippen LogP contribution in [-0.2, 0) is 0 Å². The third-order valence-electron chi connectivity index (χ3n) is 3.85. The van der Waals surface area contributed by atoms with E-state index in [4.69, 9.17) is 0 Å². The highest BCUT2D eigenvalue weighted by Crippen LogP contribution is 2.16. The first-order valence-corrected chi connectivity index (χ1v) is 7.65. The molecular formula is C15H33N3. The summed E-state index contributed by atoms with van der Waals surface area (Å²) in [6.45, 7) is 11.9. The zero-order chi connectivity index (χ0) is 13.4. The number of nitrogens with zero attached hydrogens (tertiary/aromatic N) is 2. The molecule has 0 bridgehead atoms. The highest BCUT2D eigenvalue weighted by Gasteiger charge is 2.17. The van der Waals surface area contributed by atoms with Crippen molar-refractivity contribution in [2.75, 3.05) is 53.4 Å². The molecule has 1 aliphatic heterocycles. The van der Waals surface area contributed by atoms with Gasteiger partial charge in [0.05, 0.1) is 0 Å². The summed E-state index contributed by atoms with van der Waals surface area (Å²) in [5.74, 6) is 1.69. The van der Waals surface area contributed by atoms with Gasteiger partial charge in [-0.3, -0.25) is 0 Å². The zero-order valence-electron chi connectivity index (χ0n) is 12.9. The molecule has 0 aromatic rings. The van der Waals surface area contributed by atoms with Crippen molar-refractivity contribution in [3.63, 3.8) is 0 Å². The molecule has 1 fully saturated rings. The van der Waals surface area contributed by atoms with Crippen molar-refractivity contribution in [3.8, 4) is 0 Å². The van der Waals surface area contributed by atoms with Gasteiger partial charge in [-0.15, -0.1) is 0 Å². The second kappa shape index (κ2) is 8.89. The lowest BCUT2D eigenvalue weighted by Gasteiger charge is -2.31.